The molecule has 0 bridgehead atoms. The summed E-state index contributed by atoms with van der Waals surface area (Å²) < 4.78 is 17.6. The smallest absolute Gasteiger partial charge is 0.243 e. The van der Waals surface area contributed by atoms with Crippen molar-refractivity contribution in [2.75, 3.05) is 38.8 Å². The van der Waals surface area contributed by atoms with Gasteiger partial charge in [0, 0.05) is 18.7 Å². The number of rotatable bonds is 3. The molecular formula is C16H19ClFN5O2. The van der Waals surface area contributed by atoms with E-state index in [2.05, 4.69) is 32.4 Å². The highest BCUT2D eigenvalue weighted by Gasteiger charge is 2.03. The van der Waals surface area contributed by atoms with E-state index in [0.717, 1.165) is 38.7 Å². The van der Waals surface area contributed by atoms with Gasteiger partial charge in [0.2, 0.25) is 5.95 Å². The molecule has 0 aliphatic carbocycles. The summed E-state index contributed by atoms with van der Waals surface area (Å²) >= 11 is 5.73. The molecule has 2 heterocycles. The van der Waals surface area contributed by atoms with Gasteiger partial charge in [-0.3, -0.25) is 0 Å². The van der Waals surface area contributed by atoms with Crippen LogP contribution in [0.1, 0.15) is 5.56 Å². The van der Waals surface area contributed by atoms with Crippen LogP contribution in [0.5, 0.6) is 5.75 Å². The van der Waals surface area contributed by atoms with Crippen LogP contribution in [0.15, 0.2) is 35.7 Å². The number of phenolic OH excluding ortho intramolecular Hbond substituents is 1. The average Bonchev–Trinajstić information content (AvgIpc) is 2.62. The number of para-hydroxylation sites is 1. The Morgan fingerprint density at radius 2 is 2.00 bits per heavy atom. The third-order valence-corrected chi connectivity index (χ3v) is 3.55. The Bertz CT molecular complexity index is 693. The van der Waals surface area contributed by atoms with Crippen LogP contribution in [0.2, 0.25) is 5.02 Å². The van der Waals surface area contributed by atoms with Crippen LogP contribution >= 0.6 is 11.6 Å². The lowest BCUT2D eigenvalue weighted by molar-refractivity contribution is 0.0503. The Balaban J connectivity index is 0.000000269. The van der Waals surface area contributed by atoms with Crippen molar-refractivity contribution in [3.63, 3.8) is 0 Å². The summed E-state index contributed by atoms with van der Waals surface area (Å²) in [5, 5.41) is 13.6. The monoisotopic (exact) mass is 367 g/mol. The lowest BCUT2D eigenvalue weighted by atomic mass is 10.2. The number of nitrogens with zero attached hydrogens (tertiary/aromatic N) is 4. The molecule has 0 spiro atoms. The molecule has 3 rings (SSSR count). The zero-order valence-electron chi connectivity index (χ0n) is 13.7. The Morgan fingerprint density at radius 1 is 1.32 bits per heavy atom. The molecular weight excluding hydrogens is 349 g/mol. The van der Waals surface area contributed by atoms with E-state index in [0.29, 0.717) is 5.56 Å². The molecule has 7 nitrogen and oxygen atoms in total. The molecule has 0 atom stereocenters. The standard InChI is InChI=1S/C11H8ClFN4O.C5H11NO/c12-9-3-1-2-7(10(9)18)4-16-17-11-14-5-8(13)6-15-11;1-6-2-4-7-5-3-6/h1-6,18H,(H,14,15,17);2-5H2,1H3/b16-4+;. The van der Waals surface area contributed by atoms with Gasteiger partial charge in [-0.05, 0) is 19.2 Å². The number of anilines is 1. The second-order valence-corrected chi connectivity index (χ2v) is 5.60. The summed E-state index contributed by atoms with van der Waals surface area (Å²) in [5.41, 5.74) is 2.94. The Hall–Kier alpha value is -2.29. The normalized spacial score (nSPS) is 14.8. The van der Waals surface area contributed by atoms with Gasteiger partial charge in [-0.25, -0.2) is 19.8 Å². The minimum atomic E-state index is -0.531. The number of hydrazone groups is 1. The molecule has 25 heavy (non-hydrogen) atoms. The molecule has 0 amide bonds. The first-order valence-electron chi connectivity index (χ1n) is 7.56. The van der Waals surface area contributed by atoms with Crippen molar-refractivity contribution in [1.29, 1.82) is 0 Å². The van der Waals surface area contributed by atoms with E-state index in [1.807, 2.05) is 0 Å². The fourth-order valence-corrected chi connectivity index (χ4v) is 2.00. The average molecular weight is 368 g/mol. The van der Waals surface area contributed by atoms with E-state index in [1.54, 1.807) is 18.2 Å². The number of halogens is 2. The zero-order chi connectivity index (χ0) is 18.1. The summed E-state index contributed by atoms with van der Waals surface area (Å²) in [6.07, 6.45) is 3.39. The van der Waals surface area contributed by atoms with Crippen molar-refractivity contribution in [3.8, 4) is 5.75 Å². The van der Waals surface area contributed by atoms with Crippen molar-refractivity contribution in [2.45, 2.75) is 0 Å². The van der Waals surface area contributed by atoms with Crippen molar-refractivity contribution < 1.29 is 14.2 Å². The van der Waals surface area contributed by atoms with Gasteiger partial charge in [-0.2, -0.15) is 5.10 Å². The molecule has 9 heteroatoms. The molecule has 1 aromatic carbocycles. The van der Waals surface area contributed by atoms with Gasteiger partial charge in [-0.15, -0.1) is 0 Å². The Labute approximate surface area is 150 Å². The van der Waals surface area contributed by atoms with Crippen molar-refractivity contribution in [2.24, 2.45) is 5.10 Å². The number of hydrogen-bond donors (Lipinski definition) is 2. The maximum absolute atomic E-state index is 12.5. The molecule has 0 saturated carbocycles. The molecule has 2 N–H and O–H groups in total. The van der Waals surface area contributed by atoms with Gasteiger partial charge in [0.15, 0.2) is 5.82 Å². The summed E-state index contributed by atoms with van der Waals surface area (Å²) in [6, 6.07) is 4.88. The van der Waals surface area contributed by atoms with Gasteiger partial charge >= 0.3 is 0 Å². The Kier molecular flexibility index (Phi) is 7.52. The summed E-state index contributed by atoms with van der Waals surface area (Å²) in [6.45, 7) is 4.02. The number of likely N-dealkylation sites (N-methyl/N-ethyl adjacent to an activating group) is 1. The molecule has 2 aromatic rings. The lowest BCUT2D eigenvalue weighted by Crippen LogP contribution is -2.32. The van der Waals surface area contributed by atoms with Crippen LogP contribution in [0.25, 0.3) is 0 Å². The maximum atomic E-state index is 12.5. The van der Waals surface area contributed by atoms with Gasteiger partial charge in [0.25, 0.3) is 0 Å². The van der Waals surface area contributed by atoms with Gasteiger partial charge in [-0.1, -0.05) is 17.7 Å². The third-order valence-electron chi connectivity index (χ3n) is 3.24. The minimum Gasteiger partial charge on any atom is -0.506 e. The number of morpholine rings is 1. The van der Waals surface area contributed by atoms with Crippen LogP contribution in [0.3, 0.4) is 0 Å². The fraction of sp³-hybridized carbons (Fsp3) is 0.312. The number of ether oxygens (including phenoxy) is 1. The second-order valence-electron chi connectivity index (χ2n) is 5.19. The van der Waals surface area contributed by atoms with E-state index < -0.39 is 5.82 Å². The van der Waals surface area contributed by atoms with Crippen LogP contribution in [-0.2, 0) is 4.74 Å². The van der Waals surface area contributed by atoms with Crippen molar-refractivity contribution in [3.05, 3.63) is 47.0 Å². The van der Waals surface area contributed by atoms with Gasteiger partial charge in [0.05, 0.1) is 36.8 Å². The zero-order valence-corrected chi connectivity index (χ0v) is 14.4. The van der Waals surface area contributed by atoms with E-state index in [4.69, 9.17) is 16.3 Å². The number of hydrogen-bond acceptors (Lipinski definition) is 7. The summed E-state index contributed by atoms with van der Waals surface area (Å²) in [5.74, 6) is -0.448. The molecule has 1 aromatic heterocycles. The molecule has 0 radical (unpaired) electrons. The largest absolute Gasteiger partial charge is 0.506 e. The fourth-order valence-electron chi connectivity index (χ4n) is 1.82. The molecule has 134 valence electrons. The highest BCUT2D eigenvalue weighted by molar-refractivity contribution is 6.32. The number of nitrogens with one attached hydrogen (secondary N) is 1. The molecule has 1 aliphatic rings. The van der Waals surface area contributed by atoms with E-state index in [-0.39, 0.29) is 16.7 Å². The van der Waals surface area contributed by atoms with E-state index >= 15 is 0 Å². The number of benzene rings is 1. The summed E-state index contributed by atoms with van der Waals surface area (Å²) in [4.78, 5) is 9.57. The molecule has 1 fully saturated rings. The topological polar surface area (TPSA) is 82.9 Å². The van der Waals surface area contributed by atoms with Crippen molar-refractivity contribution >= 4 is 23.8 Å². The molecule has 0 unspecified atom stereocenters. The minimum absolute atomic E-state index is 0.0651. The molecule has 1 aliphatic heterocycles. The van der Waals surface area contributed by atoms with Gasteiger partial charge < -0.3 is 14.7 Å². The quantitative estimate of drug-likeness (QED) is 0.640. The predicted molar refractivity (Wildman–Crippen MR) is 94.6 cm³/mol. The second kappa shape index (κ2) is 9.87. The van der Waals surface area contributed by atoms with Crippen molar-refractivity contribution in [1.82, 2.24) is 14.9 Å². The summed E-state index contributed by atoms with van der Waals surface area (Å²) in [7, 11) is 2.11. The van der Waals surface area contributed by atoms with Crippen LogP contribution < -0.4 is 5.43 Å². The number of phenols is 1. The Morgan fingerprint density at radius 3 is 2.60 bits per heavy atom. The first kappa shape index (κ1) is 19.0. The highest BCUT2D eigenvalue weighted by atomic mass is 35.5. The lowest BCUT2D eigenvalue weighted by Gasteiger charge is -2.21. The molecule has 1 saturated heterocycles. The van der Waals surface area contributed by atoms with Gasteiger partial charge in [0.1, 0.15) is 5.75 Å². The highest BCUT2D eigenvalue weighted by Crippen LogP contribution is 2.25. The predicted octanol–water partition coefficient (Wildman–Crippen LogP) is 2.37. The van der Waals surface area contributed by atoms with Crippen LogP contribution in [0, 0.1) is 5.82 Å². The SMILES string of the molecule is CN1CCOCC1.Oc1c(Cl)cccc1/C=N/Nc1ncc(F)cn1. The van der Waals surface area contributed by atoms with E-state index in [1.165, 1.54) is 6.21 Å². The first-order valence-corrected chi connectivity index (χ1v) is 7.94. The third kappa shape index (κ3) is 6.61. The number of aromatic nitrogens is 2. The maximum Gasteiger partial charge on any atom is 0.243 e. The first-order chi connectivity index (χ1) is 12.1. The van der Waals surface area contributed by atoms with Crippen LogP contribution in [0.4, 0.5) is 10.3 Å². The van der Waals surface area contributed by atoms with Crippen LogP contribution in [-0.4, -0.2) is 59.5 Å². The number of aromatic hydroxyl groups is 1. The van der Waals surface area contributed by atoms with E-state index in [9.17, 15) is 9.50 Å².